The molecular formula is C15H13NO. The van der Waals surface area contributed by atoms with Gasteiger partial charge in [-0.1, -0.05) is 30.3 Å². The van der Waals surface area contributed by atoms with Crippen LogP contribution in [0.4, 0.5) is 0 Å². The molecule has 0 aliphatic heterocycles. The highest BCUT2D eigenvalue weighted by Gasteiger charge is 2.11. The number of aromatic nitrogens is 1. The van der Waals surface area contributed by atoms with Gasteiger partial charge < -0.3 is 9.40 Å². The van der Waals surface area contributed by atoms with Crippen LogP contribution in [0.1, 0.15) is 5.69 Å². The largest absolute Gasteiger partial charge is 0.464 e. The highest BCUT2D eigenvalue weighted by molar-refractivity contribution is 5.79. The molecule has 2 heteroatoms. The summed E-state index contributed by atoms with van der Waals surface area (Å²) in [6.07, 6.45) is 1.70. The summed E-state index contributed by atoms with van der Waals surface area (Å²) >= 11 is 0. The molecule has 1 aromatic carbocycles. The molecule has 0 aliphatic carbocycles. The molecule has 3 rings (SSSR count). The Kier molecular flexibility index (Phi) is 2.33. The number of rotatable bonds is 2. The number of aromatic amines is 1. The van der Waals surface area contributed by atoms with Gasteiger partial charge in [-0.25, -0.2) is 0 Å². The van der Waals surface area contributed by atoms with Gasteiger partial charge in [-0.2, -0.15) is 0 Å². The van der Waals surface area contributed by atoms with E-state index in [1.54, 1.807) is 6.26 Å². The van der Waals surface area contributed by atoms with E-state index in [9.17, 15) is 0 Å². The molecule has 0 saturated carbocycles. The lowest BCUT2D eigenvalue weighted by Crippen LogP contribution is -1.80. The minimum absolute atomic E-state index is 0.896. The van der Waals surface area contributed by atoms with E-state index < -0.39 is 0 Å². The highest BCUT2D eigenvalue weighted by Crippen LogP contribution is 2.32. The van der Waals surface area contributed by atoms with Crippen LogP contribution in [0.3, 0.4) is 0 Å². The molecule has 0 radical (unpaired) electrons. The maximum Gasteiger partial charge on any atom is 0.136 e. The van der Waals surface area contributed by atoms with Crippen molar-refractivity contribution in [3.8, 4) is 22.6 Å². The van der Waals surface area contributed by atoms with Crippen LogP contribution in [-0.2, 0) is 0 Å². The van der Waals surface area contributed by atoms with E-state index in [2.05, 4.69) is 30.1 Å². The standard InChI is InChI=1S/C15H13NO/c1-11-10-13(14-8-5-9-17-14)15(16-11)12-6-3-2-4-7-12/h2-10,16H,1H3. The first-order chi connectivity index (χ1) is 8.34. The summed E-state index contributed by atoms with van der Waals surface area (Å²) in [6.45, 7) is 2.05. The van der Waals surface area contributed by atoms with Crippen molar-refractivity contribution in [2.45, 2.75) is 6.92 Å². The van der Waals surface area contributed by atoms with E-state index in [4.69, 9.17) is 4.42 Å². The van der Waals surface area contributed by atoms with Crippen LogP contribution in [0.15, 0.2) is 59.2 Å². The van der Waals surface area contributed by atoms with Crippen molar-refractivity contribution in [2.24, 2.45) is 0 Å². The summed E-state index contributed by atoms with van der Waals surface area (Å²) in [4.78, 5) is 3.39. The third-order valence-electron chi connectivity index (χ3n) is 2.80. The Balaban J connectivity index is 2.18. The minimum Gasteiger partial charge on any atom is -0.464 e. The number of hydrogen-bond donors (Lipinski definition) is 1. The van der Waals surface area contributed by atoms with Gasteiger partial charge in [0.15, 0.2) is 0 Å². The van der Waals surface area contributed by atoms with E-state index in [-0.39, 0.29) is 0 Å². The van der Waals surface area contributed by atoms with Gasteiger partial charge in [0, 0.05) is 11.3 Å². The quantitative estimate of drug-likeness (QED) is 0.691. The molecule has 17 heavy (non-hydrogen) atoms. The predicted octanol–water partition coefficient (Wildman–Crippen LogP) is 4.25. The van der Waals surface area contributed by atoms with Gasteiger partial charge in [-0.3, -0.25) is 0 Å². The number of nitrogens with one attached hydrogen (secondary N) is 1. The molecular weight excluding hydrogens is 210 g/mol. The normalized spacial score (nSPS) is 10.6. The third kappa shape index (κ3) is 1.78. The average Bonchev–Trinajstić information content (AvgIpc) is 2.98. The summed E-state index contributed by atoms with van der Waals surface area (Å²) in [6, 6.07) is 16.3. The second-order valence-electron chi connectivity index (χ2n) is 4.08. The number of benzene rings is 1. The molecule has 2 aromatic heterocycles. The lowest BCUT2D eigenvalue weighted by molar-refractivity contribution is 0.582. The second-order valence-corrected chi connectivity index (χ2v) is 4.08. The van der Waals surface area contributed by atoms with Crippen LogP contribution in [0, 0.1) is 6.92 Å². The molecule has 0 amide bonds. The first-order valence-electron chi connectivity index (χ1n) is 5.63. The Morgan fingerprint density at radius 3 is 2.53 bits per heavy atom. The number of furan rings is 1. The summed E-state index contributed by atoms with van der Waals surface area (Å²) < 4.78 is 5.48. The summed E-state index contributed by atoms with van der Waals surface area (Å²) in [5.74, 6) is 0.896. The fourth-order valence-electron chi connectivity index (χ4n) is 2.05. The van der Waals surface area contributed by atoms with Crippen molar-refractivity contribution in [1.82, 2.24) is 4.98 Å². The molecule has 0 atom stereocenters. The molecule has 2 nitrogen and oxygen atoms in total. The lowest BCUT2D eigenvalue weighted by atomic mass is 10.1. The zero-order valence-electron chi connectivity index (χ0n) is 9.60. The maximum atomic E-state index is 5.48. The molecule has 1 N–H and O–H groups in total. The van der Waals surface area contributed by atoms with Gasteiger partial charge in [0.05, 0.1) is 12.0 Å². The molecule has 0 bridgehead atoms. The van der Waals surface area contributed by atoms with Crippen LogP contribution in [0.5, 0.6) is 0 Å². The van der Waals surface area contributed by atoms with Gasteiger partial charge in [0.2, 0.25) is 0 Å². The Labute approximate surface area is 99.9 Å². The molecule has 0 aliphatic rings. The van der Waals surface area contributed by atoms with Gasteiger partial charge in [0.25, 0.3) is 0 Å². The molecule has 2 heterocycles. The first-order valence-corrected chi connectivity index (χ1v) is 5.63. The Morgan fingerprint density at radius 1 is 1.00 bits per heavy atom. The molecule has 3 aromatic rings. The monoisotopic (exact) mass is 223 g/mol. The molecule has 0 fully saturated rings. The van der Waals surface area contributed by atoms with Crippen molar-refractivity contribution < 1.29 is 4.42 Å². The first kappa shape index (κ1) is 9.97. The topological polar surface area (TPSA) is 28.9 Å². The second kappa shape index (κ2) is 3.98. The van der Waals surface area contributed by atoms with Crippen LogP contribution >= 0.6 is 0 Å². The number of aryl methyl sites for hydroxylation is 1. The average molecular weight is 223 g/mol. The van der Waals surface area contributed by atoms with E-state index >= 15 is 0 Å². The van der Waals surface area contributed by atoms with Gasteiger partial charge in [0.1, 0.15) is 5.76 Å². The van der Waals surface area contributed by atoms with E-state index in [1.807, 2.05) is 30.3 Å². The van der Waals surface area contributed by atoms with Crippen molar-refractivity contribution in [2.75, 3.05) is 0 Å². The summed E-state index contributed by atoms with van der Waals surface area (Å²) in [5, 5.41) is 0. The number of H-pyrrole nitrogens is 1. The van der Waals surface area contributed by atoms with E-state index in [0.29, 0.717) is 0 Å². The predicted molar refractivity (Wildman–Crippen MR) is 68.7 cm³/mol. The fraction of sp³-hybridized carbons (Fsp3) is 0.0667. The molecule has 0 unspecified atom stereocenters. The molecule has 0 saturated heterocycles. The van der Waals surface area contributed by atoms with Gasteiger partial charge >= 0.3 is 0 Å². The van der Waals surface area contributed by atoms with Crippen molar-refractivity contribution in [3.05, 3.63) is 60.5 Å². The van der Waals surface area contributed by atoms with E-state index in [0.717, 1.165) is 22.7 Å². The van der Waals surface area contributed by atoms with Crippen LogP contribution < -0.4 is 0 Å². The van der Waals surface area contributed by atoms with Crippen LogP contribution in [0.2, 0.25) is 0 Å². The third-order valence-corrected chi connectivity index (χ3v) is 2.80. The number of hydrogen-bond acceptors (Lipinski definition) is 1. The molecule has 84 valence electrons. The van der Waals surface area contributed by atoms with Crippen LogP contribution in [0.25, 0.3) is 22.6 Å². The smallest absolute Gasteiger partial charge is 0.136 e. The molecule has 0 spiro atoms. The van der Waals surface area contributed by atoms with E-state index in [1.165, 1.54) is 5.56 Å². The zero-order valence-corrected chi connectivity index (χ0v) is 9.60. The summed E-state index contributed by atoms with van der Waals surface area (Å²) in [7, 11) is 0. The van der Waals surface area contributed by atoms with Crippen molar-refractivity contribution in [3.63, 3.8) is 0 Å². The van der Waals surface area contributed by atoms with Crippen LogP contribution in [-0.4, -0.2) is 4.98 Å². The maximum absolute atomic E-state index is 5.48. The zero-order chi connectivity index (χ0) is 11.7. The Bertz CT molecular complexity index is 606. The lowest BCUT2D eigenvalue weighted by Gasteiger charge is -2.01. The SMILES string of the molecule is Cc1cc(-c2ccco2)c(-c2ccccc2)[nH]1. The Hall–Kier alpha value is -2.22. The fourth-order valence-corrected chi connectivity index (χ4v) is 2.05. The van der Waals surface area contributed by atoms with Crippen molar-refractivity contribution >= 4 is 0 Å². The summed E-state index contributed by atoms with van der Waals surface area (Å²) in [5.41, 5.74) is 4.53. The van der Waals surface area contributed by atoms with Gasteiger partial charge in [-0.05, 0) is 30.7 Å². The Morgan fingerprint density at radius 2 is 1.82 bits per heavy atom. The van der Waals surface area contributed by atoms with Gasteiger partial charge in [-0.15, -0.1) is 0 Å². The minimum atomic E-state index is 0.896. The van der Waals surface area contributed by atoms with Crippen molar-refractivity contribution in [1.29, 1.82) is 0 Å². The highest BCUT2D eigenvalue weighted by atomic mass is 16.3.